The normalized spacial score (nSPS) is 23.7. The number of fused-ring (bicyclic) bond motifs is 14. The van der Waals surface area contributed by atoms with Crippen LogP contribution in [0.25, 0.3) is 33.3 Å². The first kappa shape index (κ1) is 74.4. The van der Waals surface area contributed by atoms with E-state index in [1.54, 1.807) is 84.0 Å². The van der Waals surface area contributed by atoms with Gasteiger partial charge in [0.1, 0.15) is 72.0 Å². The van der Waals surface area contributed by atoms with Crippen LogP contribution >= 0.6 is 0 Å². The van der Waals surface area contributed by atoms with Gasteiger partial charge in [0.25, 0.3) is 11.7 Å². The molecule has 26 nitrogen and oxygen atoms in total. The lowest BCUT2D eigenvalue weighted by atomic mass is 9.78. The molecule has 6 amide bonds. The van der Waals surface area contributed by atoms with Crippen LogP contribution in [0, 0.1) is 36.5 Å². The highest BCUT2D eigenvalue weighted by molar-refractivity contribution is 6.22. The molecule has 8 rings (SSSR count). The van der Waals surface area contributed by atoms with Crippen molar-refractivity contribution in [3.05, 3.63) is 106 Å². The molecule has 26 heteroatoms. The minimum Gasteiger partial charge on any atom is -0.507 e. The first-order valence-electron chi connectivity index (χ1n) is 32.3. The Bertz CT molecular complexity index is 3810. The van der Waals surface area contributed by atoms with Crippen molar-refractivity contribution in [2.24, 2.45) is 35.3 Å². The van der Waals surface area contributed by atoms with Gasteiger partial charge in [0, 0.05) is 98.0 Å². The zero-order chi connectivity index (χ0) is 70.7. The minimum absolute atomic E-state index is 0.0173. The third kappa shape index (κ3) is 17.7. The molecule has 0 saturated carbocycles. The van der Waals surface area contributed by atoms with E-state index in [9.17, 15) is 48.9 Å². The van der Waals surface area contributed by atoms with Crippen molar-refractivity contribution < 1.29 is 86.2 Å². The van der Waals surface area contributed by atoms with E-state index in [4.69, 9.17) is 43.6 Å². The number of nitrogens with two attached hydrogens (primary N) is 1. The molecule has 0 radical (unpaired) electrons. The Morgan fingerprint density at radius 2 is 1.61 bits per heavy atom. The second-order valence-corrected chi connectivity index (χ2v) is 25.9. The SMILES string of the molecule is CCOCCC(=O)N[C@H](C(=O)N[C@@H](CCCNC(N)=O)C(=O)Nc1ccc(C[N+](C)(C)CCOc2ccc3nc4c5c6c7c(C)c(O)c5c(=O)c(c-4oc3c2)NC(=O)/C(C)=C\C=C\[C@H](C)[C@H](O)[C@@H](C)[C@@H](O)[C@@H](C)[C@H](OC(C)=O)[C@H](C)[C@@H](OC)/C=C/O[C@@](C)(O7)C6=O)cc1)C(C)C. The second-order valence-electron chi connectivity index (χ2n) is 25.9. The number of benzene rings is 4. The number of aliphatic hydroxyl groups is 2. The fourth-order valence-corrected chi connectivity index (χ4v) is 11.9. The van der Waals surface area contributed by atoms with E-state index in [1.165, 1.54) is 53.2 Å². The number of aromatic nitrogens is 1. The van der Waals surface area contributed by atoms with Crippen molar-refractivity contribution in [3.63, 3.8) is 0 Å². The number of ketones is 1. The number of hydrogen-bond donors (Lipinski definition) is 9. The van der Waals surface area contributed by atoms with Crippen molar-refractivity contribution in [1.82, 2.24) is 20.9 Å². The first-order chi connectivity index (χ1) is 45.3. The molecule has 4 heterocycles. The van der Waals surface area contributed by atoms with Crippen molar-refractivity contribution in [1.29, 1.82) is 0 Å². The highest BCUT2D eigenvalue weighted by Crippen LogP contribution is 2.51. The molecular formula is C70H93N8O18+. The number of urea groups is 1. The van der Waals surface area contributed by atoms with Crippen LogP contribution in [0.3, 0.4) is 0 Å². The van der Waals surface area contributed by atoms with Gasteiger partial charge in [0.05, 0.1) is 56.2 Å². The van der Waals surface area contributed by atoms with Gasteiger partial charge in [-0.2, -0.15) is 0 Å². The number of ether oxygens (including phenoxy) is 6. The van der Waals surface area contributed by atoms with Crippen molar-refractivity contribution >= 4 is 74.7 Å². The molecule has 4 aliphatic heterocycles. The van der Waals surface area contributed by atoms with Gasteiger partial charge in [-0.25, -0.2) is 9.78 Å². The summed E-state index contributed by atoms with van der Waals surface area (Å²) in [7, 11) is 5.46. The number of phenolic OH excluding ortho intramolecular Hbond substituents is 1. The summed E-state index contributed by atoms with van der Waals surface area (Å²) in [5.74, 6) is -9.16. The van der Waals surface area contributed by atoms with Gasteiger partial charge in [0.2, 0.25) is 23.2 Å². The topological polar surface area (TPSA) is 365 Å². The van der Waals surface area contributed by atoms with Gasteiger partial charge in [0.15, 0.2) is 11.3 Å². The summed E-state index contributed by atoms with van der Waals surface area (Å²) in [6.07, 6.45) is 3.83. The Labute approximate surface area is 558 Å². The number of nitrogens with zero attached hydrogens (tertiary/aromatic N) is 2. The molecule has 0 aromatic heterocycles. The number of aromatic hydroxyl groups is 1. The molecule has 10 N–H and O–H groups in total. The monoisotopic (exact) mass is 1330 g/mol. The molecule has 96 heavy (non-hydrogen) atoms. The van der Waals surface area contributed by atoms with Crippen LogP contribution in [-0.4, -0.2) is 163 Å². The predicted molar refractivity (Wildman–Crippen MR) is 359 cm³/mol. The summed E-state index contributed by atoms with van der Waals surface area (Å²) < 4.78 is 42.7. The smallest absolute Gasteiger partial charge is 0.312 e. The number of esters is 1. The maximum atomic E-state index is 15.1. The van der Waals surface area contributed by atoms with E-state index >= 15 is 4.79 Å². The number of allylic oxidation sites excluding steroid dienone is 2. The Hall–Kier alpha value is -8.95. The summed E-state index contributed by atoms with van der Waals surface area (Å²) in [6, 6.07) is 9.42. The molecule has 5 aliphatic rings. The molecular weight excluding hydrogens is 1240 g/mol. The van der Waals surface area contributed by atoms with Crippen molar-refractivity contribution in [2.75, 3.05) is 64.7 Å². The molecule has 11 atom stereocenters. The Morgan fingerprint density at radius 1 is 0.906 bits per heavy atom. The number of amides is 6. The Kier molecular flexibility index (Phi) is 25.0. The fourth-order valence-electron chi connectivity index (χ4n) is 11.9. The summed E-state index contributed by atoms with van der Waals surface area (Å²) in [5, 5.41) is 48.4. The molecule has 0 fully saturated rings. The zero-order valence-corrected chi connectivity index (χ0v) is 57.1. The van der Waals surface area contributed by atoms with Gasteiger partial charge < -0.3 is 85.0 Å². The third-order valence-corrected chi connectivity index (χ3v) is 17.6. The molecule has 1 aliphatic carbocycles. The first-order valence-corrected chi connectivity index (χ1v) is 32.3. The van der Waals surface area contributed by atoms with Gasteiger partial charge >= 0.3 is 17.8 Å². The number of nitrogens with one attached hydrogen (secondary N) is 5. The number of Topliss-reactive ketones (excluding diaryl/α,β-unsaturated/α-hetero) is 1. The largest absolute Gasteiger partial charge is 0.507 e. The second kappa shape index (κ2) is 32.2. The fraction of sp³-hybridized carbons (Fsp3) is 0.500. The van der Waals surface area contributed by atoms with Gasteiger partial charge in [-0.05, 0) is 69.9 Å². The average molecular weight is 1330 g/mol. The quantitative estimate of drug-likeness (QED) is 0.0110. The van der Waals surface area contributed by atoms with Crippen LogP contribution in [0.4, 0.5) is 16.2 Å². The lowest BCUT2D eigenvalue weighted by molar-refractivity contribution is -0.903. The number of carbonyl (C=O) groups is 7. The number of carbonyl (C=O) groups excluding carboxylic acids is 7. The number of anilines is 2. The van der Waals surface area contributed by atoms with Crippen LogP contribution in [0.1, 0.15) is 110 Å². The standard InChI is InChI=1S/C70H92N8O18/c1-15-91-31-28-51(80)76-55(36(2)3)68(88)75-48(20-17-29-72-69(71)89)67(87)73-45-23-21-44(22-24-45)35-78(12,13)30-33-92-46-25-26-47-50(34-46)95-64-56(74-47)52-53-60(83)42(9)63-54(52)65(85)70(11,96-63)93-32-27-49(90-14)39(6)62(94-43(10)79)41(8)59(82)40(7)58(81)37(4)18-16-19-38(5)66(86)77-57(64)61(53)84/h16,18-19,21-27,32,34,36-37,39-41,48-49,55,58-59,62,81-82H,15,17,20,28-31,33,35H2,1-14H3,(H7-,71,72,73,74,75,76,77,80,83,84,85,86,87,88,89)/p+1/b18-16+,32-27+,38-19-/t37-,39+,40+,41+,48-,49-,55-,58-,59+,62+,70-/m0/s1. The zero-order valence-electron chi connectivity index (χ0n) is 57.1. The molecule has 520 valence electrons. The van der Waals surface area contributed by atoms with Gasteiger partial charge in [-0.15, -0.1) is 0 Å². The van der Waals surface area contributed by atoms with Crippen LogP contribution in [0.2, 0.25) is 0 Å². The van der Waals surface area contributed by atoms with E-state index in [2.05, 4.69) is 26.6 Å². The molecule has 3 aromatic carbocycles. The van der Waals surface area contributed by atoms with E-state index < -0.39 is 118 Å². The predicted octanol–water partition coefficient (Wildman–Crippen LogP) is 7.04. The Morgan fingerprint density at radius 3 is 2.27 bits per heavy atom. The molecule has 0 spiro atoms. The highest BCUT2D eigenvalue weighted by atomic mass is 16.7. The number of aliphatic hydroxyl groups excluding tert-OH is 2. The minimum atomic E-state index is -2.11. The van der Waals surface area contributed by atoms with Crippen molar-refractivity contribution in [3.8, 4) is 28.7 Å². The lowest BCUT2D eigenvalue weighted by Crippen LogP contribution is -2.54. The third-order valence-electron chi connectivity index (χ3n) is 17.6. The van der Waals surface area contributed by atoms with Crippen LogP contribution in [0.15, 0.2) is 87.8 Å². The number of likely N-dealkylation sites (N-methyl/N-ethyl adjacent to an activating group) is 1. The number of quaternary nitrogens is 1. The van der Waals surface area contributed by atoms with Crippen LogP contribution in [-0.2, 0) is 49.5 Å². The number of methoxy groups -OCH3 is 1. The van der Waals surface area contributed by atoms with E-state index in [-0.39, 0.29) is 100 Å². The molecule has 0 saturated heterocycles. The summed E-state index contributed by atoms with van der Waals surface area (Å²) in [5.41, 5.74) is 5.60. The Balaban J connectivity index is 1.15. The maximum Gasteiger partial charge on any atom is 0.312 e. The summed E-state index contributed by atoms with van der Waals surface area (Å²) >= 11 is 0. The lowest BCUT2D eigenvalue weighted by Gasteiger charge is -2.38. The number of rotatable bonds is 22. The summed E-state index contributed by atoms with van der Waals surface area (Å²) in [4.78, 5) is 113. The van der Waals surface area contributed by atoms with E-state index in [0.717, 1.165) is 5.56 Å². The number of hydrogen-bond acceptors (Lipinski definition) is 19. The highest BCUT2D eigenvalue weighted by Gasteiger charge is 2.50. The number of primary amides is 1. The maximum absolute atomic E-state index is 15.1. The molecule has 5 bridgehead atoms. The molecule has 3 aromatic rings. The van der Waals surface area contributed by atoms with E-state index in [1.807, 2.05) is 33.2 Å². The molecule has 0 unspecified atom stereocenters. The average Bonchev–Trinajstić information content (AvgIpc) is 1.39. The van der Waals surface area contributed by atoms with E-state index in [0.29, 0.717) is 42.0 Å². The van der Waals surface area contributed by atoms with Crippen LogP contribution in [0.5, 0.6) is 17.2 Å². The van der Waals surface area contributed by atoms with Gasteiger partial charge in [-0.1, -0.05) is 71.9 Å². The van der Waals surface area contributed by atoms with Gasteiger partial charge in [-0.3, -0.25) is 33.6 Å². The summed E-state index contributed by atoms with van der Waals surface area (Å²) in [6.45, 7) is 19.9. The van der Waals surface area contributed by atoms with Crippen LogP contribution < -0.4 is 47.2 Å². The van der Waals surface area contributed by atoms with Crippen molar-refractivity contribution in [2.45, 2.75) is 144 Å². The number of phenols is 1.